The van der Waals surface area contributed by atoms with E-state index in [2.05, 4.69) is 35.3 Å². The molecule has 2 aromatic heterocycles. The van der Waals surface area contributed by atoms with Crippen LogP contribution in [0.4, 0.5) is 13.2 Å². The van der Waals surface area contributed by atoms with Crippen LogP contribution in [0.2, 0.25) is 0 Å². The van der Waals surface area contributed by atoms with Crippen LogP contribution in [0.5, 0.6) is 0 Å². The van der Waals surface area contributed by atoms with Crippen LogP contribution in [0.15, 0.2) is 43.2 Å². The average molecular weight is 399 g/mol. The van der Waals surface area contributed by atoms with Crippen molar-refractivity contribution in [2.45, 2.75) is 38.1 Å². The molecule has 3 nitrogen and oxygen atoms in total. The highest BCUT2D eigenvalue weighted by Gasteiger charge is 2.31. The molecular formula is C23H24F3N3. The highest BCUT2D eigenvalue weighted by Crippen LogP contribution is 2.37. The van der Waals surface area contributed by atoms with Crippen LogP contribution in [-0.4, -0.2) is 33.5 Å². The van der Waals surface area contributed by atoms with E-state index < -0.39 is 17.5 Å². The van der Waals surface area contributed by atoms with Gasteiger partial charge in [0.05, 0.1) is 5.39 Å². The van der Waals surface area contributed by atoms with Gasteiger partial charge in [0.2, 0.25) is 0 Å². The molecule has 0 aliphatic carbocycles. The third-order valence-corrected chi connectivity index (χ3v) is 6.13. The summed E-state index contributed by atoms with van der Waals surface area (Å²) < 4.78 is 44.2. The number of nitrogens with zero attached hydrogens (tertiary/aromatic N) is 2. The third-order valence-electron chi connectivity index (χ3n) is 6.13. The highest BCUT2D eigenvalue weighted by atomic mass is 19.1. The molecule has 1 aliphatic rings. The summed E-state index contributed by atoms with van der Waals surface area (Å²) in [5.74, 6) is -1.84. The Morgan fingerprint density at radius 3 is 2.41 bits per heavy atom. The van der Waals surface area contributed by atoms with Gasteiger partial charge >= 0.3 is 0 Å². The predicted octanol–water partition coefficient (Wildman–Crippen LogP) is 5.79. The Balaban J connectivity index is 1.65. The van der Waals surface area contributed by atoms with E-state index in [1.54, 1.807) is 6.07 Å². The molecule has 1 aliphatic heterocycles. The largest absolute Gasteiger partial charge is 0.343 e. The van der Waals surface area contributed by atoms with Gasteiger partial charge in [-0.2, -0.15) is 0 Å². The molecule has 0 bridgehead atoms. The summed E-state index contributed by atoms with van der Waals surface area (Å²) in [4.78, 5) is 9.07. The van der Waals surface area contributed by atoms with Crippen molar-refractivity contribution >= 4 is 11.0 Å². The fourth-order valence-electron chi connectivity index (χ4n) is 4.26. The van der Waals surface area contributed by atoms with Crippen LogP contribution in [0, 0.1) is 17.5 Å². The number of halogens is 3. The van der Waals surface area contributed by atoms with Crippen molar-refractivity contribution in [2.24, 2.45) is 0 Å². The van der Waals surface area contributed by atoms with Crippen molar-refractivity contribution in [3.8, 4) is 11.1 Å². The minimum Gasteiger partial charge on any atom is -0.343 e. The lowest BCUT2D eigenvalue weighted by Gasteiger charge is -2.41. The van der Waals surface area contributed by atoms with E-state index in [1.807, 2.05) is 6.08 Å². The Bertz CT molecular complexity index is 1040. The number of benzene rings is 1. The summed E-state index contributed by atoms with van der Waals surface area (Å²) in [6.07, 6.45) is 5.95. The highest BCUT2D eigenvalue weighted by molar-refractivity contribution is 5.93. The number of aromatic nitrogens is 2. The molecule has 0 unspecified atom stereocenters. The smallest absolute Gasteiger partial charge is 0.150 e. The first-order chi connectivity index (χ1) is 13.8. The lowest BCUT2D eigenvalue weighted by atomic mass is 9.85. The van der Waals surface area contributed by atoms with Crippen LogP contribution in [0.25, 0.3) is 22.2 Å². The molecule has 0 atom stereocenters. The monoisotopic (exact) mass is 399 g/mol. The third kappa shape index (κ3) is 3.46. The quantitative estimate of drug-likeness (QED) is 0.563. The first-order valence-corrected chi connectivity index (χ1v) is 9.81. The number of likely N-dealkylation sites (tertiary alicyclic amines) is 1. The van der Waals surface area contributed by atoms with Gasteiger partial charge in [0, 0.05) is 23.5 Å². The zero-order valence-electron chi connectivity index (χ0n) is 16.6. The summed E-state index contributed by atoms with van der Waals surface area (Å²) in [5.41, 5.74) is 1.06. The normalized spacial score (nSPS) is 16.4. The maximum atomic E-state index is 15.0. The standard InChI is InChI=1S/C23H24F3N3/c1-4-23(2,3)29-9-6-14(7-10-29)20-17(24)11-15(12-18(20)25)16-5-8-27-22-21(16)19(26)13-28-22/h4-5,8,11-14H,1,6-7,9-10H2,2-3H3,(H,27,28). The Morgan fingerprint density at radius 2 is 1.79 bits per heavy atom. The van der Waals surface area contributed by atoms with Crippen LogP contribution >= 0.6 is 0 Å². The predicted molar refractivity (Wildman–Crippen MR) is 109 cm³/mol. The van der Waals surface area contributed by atoms with Crippen LogP contribution < -0.4 is 0 Å². The van der Waals surface area contributed by atoms with Crippen LogP contribution in [0.1, 0.15) is 38.2 Å². The number of rotatable bonds is 4. The van der Waals surface area contributed by atoms with E-state index in [9.17, 15) is 4.39 Å². The minimum atomic E-state index is -0.581. The molecule has 3 aromatic rings. The number of fused-ring (bicyclic) bond motifs is 1. The number of hydrogen-bond donors (Lipinski definition) is 1. The fraction of sp³-hybridized carbons (Fsp3) is 0.348. The topological polar surface area (TPSA) is 31.9 Å². The van der Waals surface area contributed by atoms with Gasteiger partial charge in [-0.05, 0) is 75.0 Å². The first-order valence-electron chi connectivity index (χ1n) is 9.81. The Kier molecular flexibility index (Phi) is 4.99. The van der Waals surface area contributed by atoms with Crippen molar-refractivity contribution < 1.29 is 13.2 Å². The maximum absolute atomic E-state index is 15.0. The van der Waals surface area contributed by atoms with Gasteiger partial charge in [0.15, 0.2) is 5.82 Å². The molecule has 1 aromatic carbocycles. The molecule has 3 heterocycles. The van der Waals surface area contributed by atoms with E-state index in [-0.39, 0.29) is 22.4 Å². The van der Waals surface area contributed by atoms with Crippen molar-refractivity contribution in [1.29, 1.82) is 0 Å². The number of hydrogen-bond acceptors (Lipinski definition) is 2. The molecule has 0 spiro atoms. The average Bonchev–Trinajstić information content (AvgIpc) is 3.09. The minimum absolute atomic E-state index is 0.129. The van der Waals surface area contributed by atoms with Gasteiger partial charge < -0.3 is 4.98 Å². The molecular weight excluding hydrogens is 375 g/mol. The molecule has 1 saturated heterocycles. The zero-order chi connectivity index (χ0) is 20.8. The molecule has 4 rings (SSSR count). The Morgan fingerprint density at radius 1 is 1.14 bits per heavy atom. The molecule has 29 heavy (non-hydrogen) atoms. The molecule has 152 valence electrons. The van der Waals surface area contributed by atoms with Gasteiger partial charge in [-0.25, -0.2) is 18.2 Å². The van der Waals surface area contributed by atoms with E-state index in [1.165, 1.54) is 24.5 Å². The lowest BCUT2D eigenvalue weighted by molar-refractivity contribution is 0.122. The van der Waals surface area contributed by atoms with Crippen LogP contribution in [0.3, 0.4) is 0 Å². The summed E-state index contributed by atoms with van der Waals surface area (Å²) in [6, 6.07) is 4.18. The Labute approximate surface area is 168 Å². The second kappa shape index (κ2) is 7.34. The number of nitrogens with one attached hydrogen (secondary N) is 1. The molecule has 6 heteroatoms. The van der Waals surface area contributed by atoms with Gasteiger partial charge in [0.25, 0.3) is 0 Å². The summed E-state index contributed by atoms with van der Waals surface area (Å²) in [7, 11) is 0. The second-order valence-electron chi connectivity index (χ2n) is 8.19. The van der Waals surface area contributed by atoms with E-state index in [0.29, 0.717) is 29.6 Å². The van der Waals surface area contributed by atoms with Crippen molar-refractivity contribution in [2.75, 3.05) is 13.1 Å². The summed E-state index contributed by atoms with van der Waals surface area (Å²) >= 11 is 0. The van der Waals surface area contributed by atoms with Crippen molar-refractivity contribution in [3.05, 3.63) is 66.3 Å². The van der Waals surface area contributed by atoms with Gasteiger partial charge in [-0.3, -0.25) is 4.90 Å². The van der Waals surface area contributed by atoms with Crippen LogP contribution in [-0.2, 0) is 0 Å². The van der Waals surface area contributed by atoms with Gasteiger partial charge in [-0.1, -0.05) is 6.08 Å². The second-order valence-corrected chi connectivity index (χ2v) is 8.19. The van der Waals surface area contributed by atoms with E-state index >= 15 is 8.78 Å². The van der Waals surface area contributed by atoms with Crippen molar-refractivity contribution in [1.82, 2.24) is 14.9 Å². The van der Waals surface area contributed by atoms with Crippen molar-refractivity contribution in [3.63, 3.8) is 0 Å². The molecule has 1 fully saturated rings. The summed E-state index contributed by atoms with van der Waals surface area (Å²) in [6.45, 7) is 9.57. The molecule has 0 amide bonds. The van der Waals surface area contributed by atoms with E-state index in [4.69, 9.17) is 0 Å². The van der Waals surface area contributed by atoms with Gasteiger partial charge in [0.1, 0.15) is 17.3 Å². The first kappa shape index (κ1) is 19.7. The van der Waals surface area contributed by atoms with E-state index in [0.717, 1.165) is 13.1 Å². The van der Waals surface area contributed by atoms with Gasteiger partial charge in [-0.15, -0.1) is 6.58 Å². The number of pyridine rings is 1. The number of H-pyrrole nitrogens is 1. The fourth-order valence-corrected chi connectivity index (χ4v) is 4.26. The SMILES string of the molecule is C=CC(C)(C)N1CCC(c2c(F)cc(-c3ccnc4[nH]cc(F)c34)cc2F)CC1. The number of piperidine rings is 1. The zero-order valence-corrected chi connectivity index (χ0v) is 16.6. The maximum Gasteiger partial charge on any atom is 0.150 e. The molecule has 1 N–H and O–H groups in total. The lowest BCUT2D eigenvalue weighted by Crippen LogP contribution is -2.46. The molecule has 0 saturated carbocycles. The Hall–Kier alpha value is -2.60. The summed E-state index contributed by atoms with van der Waals surface area (Å²) in [5, 5.41) is 0.235. The number of aromatic amines is 1. The molecule has 0 radical (unpaired) electrons.